The number of nitrogens with zero attached hydrogens (tertiary/aromatic N) is 8. The second-order valence-corrected chi connectivity index (χ2v) is 8.88. The fourth-order valence-electron chi connectivity index (χ4n) is 2.18. The maximum Gasteiger partial charge on any atom is 0.470 e. The normalized spacial score (nSPS) is 10.1. The van der Waals surface area contributed by atoms with E-state index < -0.39 is 5.82 Å². The molecule has 5 aromatic rings. The van der Waals surface area contributed by atoms with Crippen molar-refractivity contribution in [2.75, 3.05) is 18.2 Å². The van der Waals surface area contributed by atoms with Crippen LogP contribution >= 0.6 is 46.6 Å². The van der Waals surface area contributed by atoms with Crippen LogP contribution in [0.4, 0.5) is 14.4 Å². The second-order valence-electron chi connectivity index (χ2n) is 5.77. The molecule has 0 atom stereocenters. The van der Waals surface area contributed by atoms with Crippen molar-refractivity contribution < 1.29 is 9.50 Å². The number of halogens is 1. The third-order valence-electron chi connectivity index (χ3n) is 3.75. The van der Waals surface area contributed by atoms with Crippen molar-refractivity contribution in [3.05, 3.63) is 47.5 Å². The number of hydrogen-bond acceptors (Lipinski definition) is 13. The van der Waals surface area contributed by atoms with E-state index >= 15 is 0 Å². The molecule has 0 bridgehead atoms. The first-order chi connectivity index (χ1) is 16.0. The summed E-state index contributed by atoms with van der Waals surface area (Å²) < 4.78 is 20.2. The molecule has 0 aliphatic heterocycles. The summed E-state index contributed by atoms with van der Waals surface area (Å²) in [7, 11) is 0. The van der Waals surface area contributed by atoms with Crippen molar-refractivity contribution >= 4 is 78.7 Å². The quantitative estimate of drug-likeness (QED) is 0.179. The molecule has 0 unspecified atom stereocenters. The summed E-state index contributed by atoms with van der Waals surface area (Å²) in [6.07, 6.45) is 7.15. The number of nitrogens with two attached hydrogens (primary N) is 1. The van der Waals surface area contributed by atoms with Gasteiger partial charge in [-0.25, -0.2) is 24.3 Å². The van der Waals surface area contributed by atoms with Gasteiger partial charge in [-0.15, -0.1) is 0 Å². The molecule has 1 aromatic carbocycles. The fraction of sp³-hybridized carbons (Fsp3) is 0.111. The van der Waals surface area contributed by atoms with Gasteiger partial charge in [0, 0.05) is 6.20 Å². The first kappa shape index (κ1) is 24.5. The number of para-hydroxylation sites is 1. The topological polar surface area (TPSA) is 152 Å². The number of rotatable bonds is 2. The van der Waals surface area contributed by atoms with Gasteiger partial charge in [0.1, 0.15) is 10.4 Å². The molecule has 0 saturated heterocycles. The first-order valence-electron chi connectivity index (χ1n) is 8.83. The Kier molecular flexibility index (Phi) is 8.60. The molecule has 4 heterocycles. The van der Waals surface area contributed by atoms with Gasteiger partial charge < -0.3 is 10.8 Å². The minimum absolute atomic E-state index is 0.299. The van der Waals surface area contributed by atoms with Gasteiger partial charge >= 0.3 is 5.00 Å². The van der Waals surface area contributed by atoms with Crippen molar-refractivity contribution in [3.8, 4) is 5.75 Å². The molecule has 0 radical (unpaired) electrons. The summed E-state index contributed by atoms with van der Waals surface area (Å²) in [6, 6.07) is 5.60. The molecule has 3 N–H and O–H groups in total. The monoisotopic (exact) mass is 520 g/mol. The lowest BCUT2D eigenvalue weighted by atomic mass is 10.3. The molecule has 0 aliphatic rings. The van der Waals surface area contributed by atoms with Gasteiger partial charge in [-0.3, -0.25) is 0 Å². The number of diazo groups is 1. The van der Waals surface area contributed by atoms with E-state index in [4.69, 9.17) is 16.2 Å². The van der Waals surface area contributed by atoms with Crippen LogP contribution in [-0.2, 0) is 0 Å². The average Bonchev–Trinajstić information content (AvgIpc) is 3.44. The zero-order chi connectivity index (χ0) is 23.8. The Morgan fingerprint density at radius 1 is 0.970 bits per heavy atom. The van der Waals surface area contributed by atoms with Crippen LogP contribution in [0.15, 0.2) is 47.0 Å². The van der Waals surface area contributed by atoms with E-state index in [1.54, 1.807) is 18.5 Å². The maximum atomic E-state index is 12.1. The molecule has 33 heavy (non-hydrogen) atoms. The Morgan fingerprint density at radius 3 is 2.09 bits per heavy atom. The Balaban J connectivity index is 0.000000143. The standard InChI is InChI=1S/C6H5FO.C6H4N5S2.C6H6N4S2/c7-5-3-1-2-4-6(5)8;1-12-6-8-2-3-4(9-6)11-13-5(3)10-7;1-11-6-8-2-3-4(7)12-10-5(3)9-6/h1-4,8H;2H,1H3;2H,7H2,1H3/q;+1;. The van der Waals surface area contributed by atoms with E-state index in [1.165, 1.54) is 53.3 Å². The van der Waals surface area contributed by atoms with Crippen molar-refractivity contribution in [2.24, 2.45) is 0 Å². The lowest BCUT2D eigenvalue weighted by molar-refractivity contribution is 0.432. The van der Waals surface area contributed by atoms with Crippen molar-refractivity contribution in [3.63, 3.8) is 0 Å². The van der Waals surface area contributed by atoms with Gasteiger partial charge in [-0.05, 0) is 36.2 Å². The molecule has 168 valence electrons. The maximum absolute atomic E-state index is 12.1. The predicted octanol–water partition coefficient (Wildman–Crippen LogP) is 5.21. The van der Waals surface area contributed by atoms with E-state index in [2.05, 4.69) is 33.7 Å². The number of fused-ring (bicyclic) bond motifs is 2. The number of aromatic hydroxyl groups is 1. The van der Waals surface area contributed by atoms with Crippen LogP contribution < -0.4 is 5.73 Å². The summed E-state index contributed by atoms with van der Waals surface area (Å²) in [6.45, 7) is 0. The molecule has 0 spiro atoms. The SMILES string of the molecule is CSc1ncc2c(N)snc2n1.CSc1ncc2c([N+]#N)snc2n1.Oc1ccccc1F. The van der Waals surface area contributed by atoms with E-state index in [1.807, 2.05) is 12.5 Å². The molecule has 0 amide bonds. The van der Waals surface area contributed by atoms with E-state index in [9.17, 15) is 4.39 Å². The highest BCUT2D eigenvalue weighted by atomic mass is 32.2. The summed E-state index contributed by atoms with van der Waals surface area (Å²) in [5, 5.41) is 21.2. The lowest BCUT2D eigenvalue weighted by Gasteiger charge is -1.92. The van der Waals surface area contributed by atoms with Gasteiger partial charge in [0.15, 0.2) is 38.1 Å². The van der Waals surface area contributed by atoms with Gasteiger partial charge in [0.2, 0.25) is 5.39 Å². The number of aromatic nitrogens is 6. The second kappa shape index (κ2) is 11.6. The van der Waals surface area contributed by atoms with Crippen LogP contribution in [0.2, 0.25) is 0 Å². The van der Waals surface area contributed by atoms with E-state index in [0.717, 1.165) is 22.1 Å². The van der Waals surface area contributed by atoms with Crippen LogP contribution in [0, 0.1) is 11.2 Å². The highest BCUT2D eigenvalue weighted by molar-refractivity contribution is 7.98. The van der Waals surface area contributed by atoms with Crippen LogP contribution in [-0.4, -0.2) is 46.3 Å². The number of nitrogen functional groups attached to an aromatic ring is 1. The Labute approximate surface area is 203 Å². The van der Waals surface area contributed by atoms with Crippen LogP contribution in [0.25, 0.3) is 27.0 Å². The summed E-state index contributed by atoms with van der Waals surface area (Å²) in [5.41, 5.74) is 6.91. The molecule has 0 saturated carbocycles. The Hall–Kier alpha value is -3.19. The average molecular weight is 521 g/mol. The molecule has 4 aromatic heterocycles. The number of hydrogen-bond donors (Lipinski definition) is 2. The molecule has 0 aliphatic carbocycles. The van der Waals surface area contributed by atoms with Crippen molar-refractivity contribution in [1.82, 2.24) is 28.7 Å². The number of phenolic OH excluding ortho intramolecular Hbond substituents is 1. The number of thioether (sulfide) groups is 2. The highest BCUT2D eigenvalue weighted by Crippen LogP contribution is 2.29. The third kappa shape index (κ3) is 6.20. The van der Waals surface area contributed by atoms with Gasteiger partial charge in [-0.1, -0.05) is 35.7 Å². The summed E-state index contributed by atoms with van der Waals surface area (Å²) >= 11 is 5.30. The zero-order valence-corrected chi connectivity index (χ0v) is 20.3. The van der Waals surface area contributed by atoms with Crippen molar-refractivity contribution in [2.45, 2.75) is 10.3 Å². The van der Waals surface area contributed by atoms with Crippen LogP contribution in [0.5, 0.6) is 5.75 Å². The van der Waals surface area contributed by atoms with Gasteiger partial charge in [0.05, 0.1) is 23.1 Å². The zero-order valence-electron chi connectivity index (χ0n) is 17.1. The molecular formula is C18H15FN9OS4+. The predicted molar refractivity (Wildman–Crippen MR) is 131 cm³/mol. The minimum Gasteiger partial charge on any atom is -0.505 e. The van der Waals surface area contributed by atoms with E-state index in [0.29, 0.717) is 31.8 Å². The largest absolute Gasteiger partial charge is 0.505 e. The van der Waals surface area contributed by atoms with Gasteiger partial charge in [0.25, 0.3) is 0 Å². The number of phenols is 1. The van der Waals surface area contributed by atoms with Crippen LogP contribution in [0.1, 0.15) is 0 Å². The highest BCUT2D eigenvalue weighted by Gasteiger charge is 2.18. The molecule has 0 fully saturated rings. The molecule has 5 rings (SSSR count). The van der Waals surface area contributed by atoms with Crippen molar-refractivity contribution in [1.29, 1.82) is 5.39 Å². The minimum atomic E-state index is -0.576. The lowest BCUT2D eigenvalue weighted by Crippen LogP contribution is -1.86. The number of anilines is 1. The Morgan fingerprint density at radius 2 is 1.55 bits per heavy atom. The van der Waals surface area contributed by atoms with Crippen LogP contribution in [0.3, 0.4) is 0 Å². The molecule has 15 heteroatoms. The van der Waals surface area contributed by atoms with Gasteiger partial charge in [-0.2, -0.15) is 8.75 Å². The summed E-state index contributed by atoms with van der Waals surface area (Å²) in [5.74, 6) is -0.875. The third-order valence-corrected chi connectivity index (χ3v) is 6.29. The molecular weight excluding hydrogens is 506 g/mol. The smallest absolute Gasteiger partial charge is 0.470 e. The summed E-state index contributed by atoms with van der Waals surface area (Å²) in [4.78, 5) is 19.6. The number of benzene rings is 1. The van der Waals surface area contributed by atoms with E-state index in [-0.39, 0.29) is 5.75 Å². The molecule has 10 nitrogen and oxygen atoms in total. The first-order valence-corrected chi connectivity index (χ1v) is 12.8. The fourth-order valence-corrected chi connectivity index (χ4v) is 4.01. The Bertz CT molecular complexity index is 1400.